The number of hydrogen-bond acceptors (Lipinski definition) is 2. The first-order valence-electron chi connectivity index (χ1n) is 7.77. The normalized spacial score (nSPS) is 17.9. The van der Waals surface area contributed by atoms with E-state index < -0.39 is 0 Å². The minimum atomic E-state index is 0.538. The summed E-state index contributed by atoms with van der Waals surface area (Å²) in [6.45, 7) is 15.1. The van der Waals surface area contributed by atoms with Gasteiger partial charge in [-0.15, -0.1) is 6.58 Å². The van der Waals surface area contributed by atoms with Crippen LogP contribution in [0.15, 0.2) is 24.8 Å². The van der Waals surface area contributed by atoms with Crippen LogP contribution in [0.4, 0.5) is 0 Å². The van der Waals surface area contributed by atoms with Crippen molar-refractivity contribution >= 4 is 0 Å². The predicted molar refractivity (Wildman–Crippen MR) is 87.3 cm³/mol. The molecule has 20 heavy (non-hydrogen) atoms. The molecule has 0 radical (unpaired) electrons. The number of hydrogen-bond donors (Lipinski definition) is 1. The van der Waals surface area contributed by atoms with Crippen LogP contribution in [0.5, 0.6) is 0 Å². The van der Waals surface area contributed by atoms with E-state index in [1.807, 2.05) is 6.08 Å². The van der Waals surface area contributed by atoms with Gasteiger partial charge < -0.3 is 5.32 Å². The van der Waals surface area contributed by atoms with Gasteiger partial charge >= 0.3 is 0 Å². The molecule has 110 valence electrons. The molecule has 1 atom stereocenters. The highest BCUT2D eigenvalue weighted by Gasteiger charge is 2.24. The SMILES string of the molecule is C=CCC[C@@H](c1c(C)cc(C)cc1C)N1CCNCC1. The molecule has 0 bridgehead atoms. The van der Waals surface area contributed by atoms with E-state index in [9.17, 15) is 0 Å². The minimum absolute atomic E-state index is 0.538. The van der Waals surface area contributed by atoms with Crippen LogP contribution >= 0.6 is 0 Å². The summed E-state index contributed by atoms with van der Waals surface area (Å²) < 4.78 is 0. The molecular formula is C18H28N2. The molecule has 2 rings (SSSR count). The Hall–Kier alpha value is -1.12. The third kappa shape index (κ3) is 3.50. The number of nitrogens with zero attached hydrogens (tertiary/aromatic N) is 1. The summed E-state index contributed by atoms with van der Waals surface area (Å²) in [4.78, 5) is 2.64. The van der Waals surface area contributed by atoms with Gasteiger partial charge in [-0.1, -0.05) is 23.8 Å². The van der Waals surface area contributed by atoms with Gasteiger partial charge in [0.15, 0.2) is 0 Å². The molecular weight excluding hydrogens is 244 g/mol. The highest BCUT2D eigenvalue weighted by atomic mass is 15.2. The molecule has 1 aliphatic heterocycles. The number of benzene rings is 1. The van der Waals surface area contributed by atoms with Gasteiger partial charge in [-0.3, -0.25) is 4.90 Å². The molecule has 0 amide bonds. The first-order chi connectivity index (χ1) is 9.63. The van der Waals surface area contributed by atoms with Crippen LogP contribution in [0.25, 0.3) is 0 Å². The maximum atomic E-state index is 3.90. The van der Waals surface area contributed by atoms with Gasteiger partial charge in [0.25, 0.3) is 0 Å². The monoisotopic (exact) mass is 272 g/mol. The summed E-state index contributed by atoms with van der Waals surface area (Å²) in [5.41, 5.74) is 5.79. The molecule has 1 heterocycles. The van der Waals surface area contributed by atoms with Crippen molar-refractivity contribution < 1.29 is 0 Å². The van der Waals surface area contributed by atoms with Gasteiger partial charge in [0.1, 0.15) is 0 Å². The molecule has 1 aromatic rings. The lowest BCUT2D eigenvalue weighted by atomic mass is 9.90. The van der Waals surface area contributed by atoms with E-state index in [2.05, 4.69) is 49.7 Å². The molecule has 0 unspecified atom stereocenters. The van der Waals surface area contributed by atoms with Gasteiger partial charge in [0.05, 0.1) is 0 Å². The first kappa shape index (κ1) is 15.3. The minimum Gasteiger partial charge on any atom is -0.314 e. The van der Waals surface area contributed by atoms with Gasteiger partial charge in [-0.2, -0.15) is 0 Å². The number of piperazine rings is 1. The fourth-order valence-corrected chi connectivity index (χ4v) is 3.50. The predicted octanol–water partition coefficient (Wildman–Crippen LogP) is 3.52. The summed E-state index contributed by atoms with van der Waals surface area (Å²) >= 11 is 0. The summed E-state index contributed by atoms with van der Waals surface area (Å²) in [6, 6.07) is 5.19. The van der Waals surface area contributed by atoms with E-state index in [1.54, 1.807) is 5.56 Å². The Labute approximate surface area is 123 Å². The van der Waals surface area contributed by atoms with Crippen LogP contribution in [0.1, 0.15) is 41.1 Å². The van der Waals surface area contributed by atoms with E-state index in [-0.39, 0.29) is 0 Å². The zero-order valence-corrected chi connectivity index (χ0v) is 13.2. The van der Waals surface area contributed by atoms with Crippen molar-refractivity contribution in [3.05, 3.63) is 47.0 Å². The van der Waals surface area contributed by atoms with Crippen molar-refractivity contribution in [2.24, 2.45) is 0 Å². The van der Waals surface area contributed by atoms with Gasteiger partial charge in [0, 0.05) is 32.2 Å². The Bertz CT molecular complexity index is 435. The van der Waals surface area contributed by atoms with Crippen LogP contribution in [0.3, 0.4) is 0 Å². The maximum absolute atomic E-state index is 3.90. The lowest BCUT2D eigenvalue weighted by molar-refractivity contribution is 0.165. The zero-order valence-electron chi connectivity index (χ0n) is 13.2. The third-order valence-electron chi connectivity index (χ3n) is 4.31. The summed E-state index contributed by atoms with van der Waals surface area (Å²) in [5.74, 6) is 0. The Kier molecular flexibility index (Phi) is 5.38. The second-order valence-corrected chi connectivity index (χ2v) is 5.98. The molecule has 1 fully saturated rings. The number of allylic oxidation sites excluding steroid dienone is 1. The smallest absolute Gasteiger partial charge is 0.0357 e. The van der Waals surface area contributed by atoms with Gasteiger partial charge in [-0.25, -0.2) is 0 Å². The number of aryl methyl sites for hydroxylation is 3. The molecule has 1 aromatic carbocycles. The van der Waals surface area contributed by atoms with Gasteiger partial charge in [0.2, 0.25) is 0 Å². The van der Waals surface area contributed by atoms with Crippen molar-refractivity contribution in [3.63, 3.8) is 0 Å². The molecule has 0 aliphatic carbocycles. The highest BCUT2D eigenvalue weighted by molar-refractivity contribution is 5.39. The quantitative estimate of drug-likeness (QED) is 0.825. The highest BCUT2D eigenvalue weighted by Crippen LogP contribution is 2.32. The van der Waals surface area contributed by atoms with Crippen LogP contribution in [0.2, 0.25) is 0 Å². The summed E-state index contributed by atoms with van der Waals surface area (Å²) in [6.07, 6.45) is 4.31. The summed E-state index contributed by atoms with van der Waals surface area (Å²) in [7, 11) is 0. The Morgan fingerprint density at radius 2 is 1.80 bits per heavy atom. The summed E-state index contributed by atoms with van der Waals surface area (Å²) in [5, 5.41) is 3.45. The molecule has 0 spiro atoms. The Morgan fingerprint density at radius 1 is 1.20 bits per heavy atom. The molecule has 2 nitrogen and oxygen atoms in total. The van der Waals surface area contributed by atoms with Crippen molar-refractivity contribution in [2.45, 2.75) is 39.7 Å². The molecule has 0 aromatic heterocycles. The average molecular weight is 272 g/mol. The lowest BCUT2D eigenvalue weighted by Gasteiger charge is -2.37. The topological polar surface area (TPSA) is 15.3 Å². The van der Waals surface area contributed by atoms with Crippen LogP contribution in [0, 0.1) is 20.8 Å². The van der Waals surface area contributed by atoms with Crippen LogP contribution in [-0.4, -0.2) is 31.1 Å². The third-order valence-corrected chi connectivity index (χ3v) is 4.31. The number of rotatable bonds is 5. The first-order valence-corrected chi connectivity index (χ1v) is 7.77. The van der Waals surface area contributed by atoms with Crippen molar-refractivity contribution in [1.29, 1.82) is 0 Å². The standard InChI is InChI=1S/C18H28N2/c1-5-6-7-17(20-10-8-19-9-11-20)18-15(3)12-14(2)13-16(18)4/h5,12-13,17,19H,1,6-11H2,2-4H3/t17-/m0/s1. The largest absolute Gasteiger partial charge is 0.314 e. The van der Waals surface area contributed by atoms with E-state index >= 15 is 0 Å². The maximum Gasteiger partial charge on any atom is 0.0357 e. The molecule has 1 saturated heterocycles. The molecule has 1 aliphatic rings. The Balaban J connectivity index is 2.32. The van der Waals surface area contributed by atoms with E-state index in [0.717, 1.165) is 32.6 Å². The van der Waals surface area contributed by atoms with Crippen LogP contribution in [-0.2, 0) is 0 Å². The molecule has 2 heteroatoms. The zero-order chi connectivity index (χ0) is 14.5. The van der Waals surface area contributed by atoms with Crippen molar-refractivity contribution in [2.75, 3.05) is 26.2 Å². The second kappa shape index (κ2) is 7.05. The van der Waals surface area contributed by atoms with E-state index in [0.29, 0.717) is 6.04 Å². The van der Waals surface area contributed by atoms with Crippen LogP contribution < -0.4 is 5.32 Å². The lowest BCUT2D eigenvalue weighted by Crippen LogP contribution is -2.45. The van der Waals surface area contributed by atoms with Crippen molar-refractivity contribution in [1.82, 2.24) is 10.2 Å². The van der Waals surface area contributed by atoms with Crippen molar-refractivity contribution in [3.8, 4) is 0 Å². The average Bonchev–Trinajstić information content (AvgIpc) is 2.42. The molecule has 0 saturated carbocycles. The van der Waals surface area contributed by atoms with Gasteiger partial charge in [-0.05, 0) is 50.3 Å². The molecule has 1 N–H and O–H groups in total. The van der Waals surface area contributed by atoms with E-state index in [4.69, 9.17) is 0 Å². The fourth-order valence-electron chi connectivity index (χ4n) is 3.50. The second-order valence-electron chi connectivity index (χ2n) is 5.98. The number of nitrogens with one attached hydrogen (secondary N) is 1. The Morgan fingerprint density at radius 3 is 2.35 bits per heavy atom. The van der Waals surface area contributed by atoms with E-state index in [1.165, 1.54) is 23.1 Å². The fraction of sp³-hybridized carbons (Fsp3) is 0.556.